The minimum absolute atomic E-state index is 0.138. The molecule has 0 saturated heterocycles. The summed E-state index contributed by atoms with van der Waals surface area (Å²) in [6.07, 6.45) is -3.14. The van der Waals surface area contributed by atoms with Gasteiger partial charge in [0, 0.05) is 35.7 Å². The Balaban J connectivity index is 2.15. The molecule has 2 unspecified atom stereocenters. The predicted molar refractivity (Wildman–Crippen MR) is 84.2 cm³/mol. The lowest BCUT2D eigenvalue weighted by Crippen LogP contribution is -2.23. The summed E-state index contributed by atoms with van der Waals surface area (Å²) in [4.78, 5) is -0.218. The minimum atomic E-state index is -3.53. The van der Waals surface area contributed by atoms with Crippen molar-refractivity contribution in [2.75, 3.05) is 0 Å². The van der Waals surface area contributed by atoms with Gasteiger partial charge in [-0.05, 0) is 18.0 Å². The lowest BCUT2D eigenvalue weighted by molar-refractivity contribution is -0.0976. The van der Waals surface area contributed by atoms with Crippen LogP contribution < -0.4 is 9.88 Å². The molecule has 0 heterocycles. The van der Waals surface area contributed by atoms with Crippen LogP contribution in [-0.2, 0) is 16.1 Å². The van der Waals surface area contributed by atoms with Gasteiger partial charge in [0.2, 0.25) is 0 Å². The van der Waals surface area contributed by atoms with Gasteiger partial charge in [0.25, 0.3) is 5.92 Å². The van der Waals surface area contributed by atoms with Crippen molar-refractivity contribution in [1.82, 2.24) is 0 Å². The van der Waals surface area contributed by atoms with Crippen LogP contribution in [0.4, 0.5) is 17.6 Å². The molecule has 3 rings (SSSR count). The van der Waals surface area contributed by atoms with Crippen LogP contribution in [0.25, 0.3) is 0 Å². The average Bonchev–Trinajstić information content (AvgIpc) is 2.68. The van der Waals surface area contributed by atoms with Crippen LogP contribution in [0.5, 0.6) is 11.5 Å². The second-order valence-corrected chi connectivity index (χ2v) is 7.62. The molecular weight excluding hydrogens is 362 g/mol. The zero-order chi connectivity index (χ0) is 18.6. The summed E-state index contributed by atoms with van der Waals surface area (Å²) in [5.74, 6) is -2.50. The van der Waals surface area contributed by atoms with E-state index in [2.05, 4.69) is 5.87 Å². The molecule has 1 aliphatic carbocycles. The van der Waals surface area contributed by atoms with E-state index < -0.39 is 39.8 Å². The van der Waals surface area contributed by atoms with Crippen LogP contribution in [0, 0.1) is 11.6 Å². The van der Waals surface area contributed by atoms with Crippen LogP contribution in [-0.4, -0.2) is 21.1 Å². The van der Waals surface area contributed by atoms with Gasteiger partial charge < -0.3 is 9.84 Å². The van der Waals surface area contributed by atoms with E-state index >= 15 is 0 Å². The maximum atomic E-state index is 14.0. The van der Waals surface area contributed by atoms with E-state index in [0.717, 1.165) is 18.2 Å². The second kappa shape index (κ2) is 5.72. The van der Waals surface area contributed by atoms with Crippen molar-refractivity contribution in [2.45, 2.75) is 23.3 Å². The van der Waals surface area contributed by atoms with Gasteiger partial charge in [-0.3, -0.25) is 5.14 Å². The maximum Gasteiger partial charge on any atom is 0.281 e. The lowest BCUT2D eigenvalue weighted by Gasteiger charge is -2.17. The van der Waals surface area contributed by atoms with Crippen molar-refractivity contribution in [3.8, 4) is 11.5 Å². The first-order valence-corrected chi connectivity index (χ1v) is 8.79. The van der Waals surface area contributed by atoms with E-state index in [1.54, 1.807) is 0 Å². The average molecular weight is 375 g/mol. The Morgan fingerprint density at radius 1 is 1.24 bits per heavy atom. The van der Waals surface area contributed by atoms with Crippen LogP contribution in [0.2, 0.25) is 0 Å². The van der Waals surface area contributed by atoms with E-state index in [4.69, 9.17) is 9.88 Å². The van der Waals surface area contributed by atoms with Crippen molar-refractivity contribution >= 4 is 15.6 Å². The fourth-order valence-corrected chi connectivity index (χ4v) is 3.67. The van der Waals surface area contributed by atoms with E-state index in [9.17, 15) is 26.9 Å². The first-order chi connectivity index (χ1) is 11.5. The Morgan fingerprint density at radius 2 is 1.84 bits per heavy atom. The summed E-state index contributed by atoms with van der Waals surface area (Å²) in [6, 6.07) is 4.72. The van der Waals surface area contributed by atoms with Gasteiger partial charge in [0.05, 0.1) is 14.6 Å². The summed E-state index contributed by atoms with van der Waals surface area (Å²) >= 11 is 0. The predicted octanol–water partition coefficient (Wildman–Crippen LogP) is 2.93. The molecule has 0 aliphatic heterocycles. The molecule has 4 nitrogen and oxygen atoms in total. The SMILES string of the molecule is C=S(N)(=O)c1ccc(Oc2cc(F)cc(F)c2)c2c1C(O)C(F)(F)C2. The molecule has 9 heteroatoms. The highest BCUT2D eigenvalue weighted by molar-refractivity contribution is 7.98. The first kappa shape index (κ1) is 17.7. The summed E-state index contributed by atoms with van der Waals surface area (Å²) in [5, 5.41) is 15.3. The number of hydrogen-bond acceptors (Lipinski definition) is 3. The molecule has 2 atom stereocenters. The maximum absolute atomic E-state index is 14.0. The van der Waals surface area contributed by atoms with Crippen molar-refractivity contribution in [3.05, 3.63) is 53.1 Å². The molecule has 0 fully saturated rings. The van der Waals surface area contributed by atoms with E-state index in [1.165, 1.54) is 6.07 Å². The number of halogens is 4. The van der Waals surface area contributed by atoms with Gasteiger partial charge in [-0.25, -0.2) is 21.8 Å². The molecule has 0 bridgehead atoms. The Kier molecular flexibility index (Phi) is 4.05. The van der Waals surface area contributed by atoms with Gasteiger partial charge in [-0.2, -0.15) is 0 Å². The van der Waals surface area contributed by atoms with Gasteiger partial charge in [0.15, 0.2) is 0 Å². The minimum Gasteiger partial charge on any atom is -0.457 e. The number of fused-ring (bicyclic) bond motifs is 1. The fourth-order valence-electron chi connectivity index (χ4n) is 2.76. The number of ether oxygens (including phenoxy) is 1. The quantitative estimate of drug-likeness (QED) is 0.640. The number of alkyl halides is 2. The van der Waals surface area contributed by atoms with Crippen LogP contribution in [0.1, 0.15) is 17.2 Å². The number of hydrogen-bond donors (Lipinski definition) is 2. The number of aliphatic hydroxyl groups excluding tert-OH is 1. The van der Waals surface area contributed by atoms with E-state index in [0.29, 0.717) is 6.07 Å². The van der Waals surface area contributed by atoms with Gasteiger partial charge in [-0.15, -0.1) is 0 Å². The monoisotopic (exact) mass is 375 g/mol. The molecule has 134 valence electrons. The van der Waals surface area contributed by atoms with Crippen molar-refractivity contribution in [1.29, 1.82) is 0 Å². The van der Waals surface area contributed by atoms with Crippen LogP contribution in [0.15, 0.2) is 35.2 Å². The lowest BCUT2D eigenvalue weighted by atomic mass is 10.1. The third kappa shape index (κ3) is 3.22. The number of nitrogens with two attached hydrogens (primary N) is 1. The highest BCUT2D eigenvalue weighted by atomic mass is 32.2. The molecule has 0 spiro atoms. The molecule has 0 radical (unpaired) electrons. The van der Waals surface area contributed by atoms with Crippen molar-refractivity contribution in [3.63, 3.8) is 0 Å². The molecule has 0 amide bonds. The number of rotatable bonds is 3. The fraction of sp³-hybridized carbons (Fsp3) is 0.188. The Hall–Kier alpha value is -2.10. The third-order valence-electron chi connectivity index (χ3n) is 3.80. The van der Waals surface area contributed by atoms with Gasteiger partial charge in [0.1, 0.15) is 29.2 Å². The summed E-state index contributed by atoms with van der Waals surface area (Å²) in [5.41, 5.74) is -0.469. The highest BCUT2D eigenvalue weighted by Gasteiger charge is 2.50. The second-order valence-electron chi connectivity index (χ2n) is 5.73. The zero-order valence-corrected chi connectivity index (χ0v) is 13.5. The molecule has 2 aromatic carbocycles. The summed E-state index contributed by atoms with van der Waals surface area (Å²) in [6.45, 7) is 0. The topological polar surface area (TPSA) is 72.6 Å². The van der Waals surface area contributed by atoms with Crippen LogP contribution in [0.3, 0.4) is 0 Å². The molecule has 0 saturated carbocycles. The molecule has 3 N–H and O–H groups in total. The molecule has 0 aromatic heterocycles. The van der Waals surface area contributed by atoms with Gasteiger partial charge in [-0.1, -0.05) is 0 Å². The number of benzene rings is 2. The molecular formula is C16H13F4NO3S. The van der Waals surface area contributed by atoms with Gasteiger partial charge >= 0.3 is 0 Å². The summed E-state index contributed by atoms with van der Waals surface area (Å²) in [7, 11) is -3.38. The molecule has 25 heavy (non-hydrogen) atoms. The Labute approximate surface area is 141 Å². The Morgan fingerprint density at radius 3 is 2.40 bits per heavy atom. The zero-order valence-electron chi connectivity index (χ0n) is 12.6. The van der Waals surface area contributed by atoms with Crippen LogP contribution >= 0.6 is 0 Å². The smallest absolute Gasteiger partial charge is 0.281 e. The first-order valence-electron chi connectivity index (χ1n) is 6.99. The third-order valence-corrected chi connectivity index (χ3v) is 4.90. The Bertz CT molecular complexity index is 940. The molecule has 2 aromatic rings. The summed E-state index contributed by atoms with van der Waals surface area (Å²) < 4.78 is 71.8. The van der Waals surface area contributed by atoms with Crippen molar-refractivity contribution in [2.24, 2.45) is 5.14 Å². The molecule has 1 aliphatic rings. The van der Waals surface area contributed by atoms with E-state index in [-0.39, 0.29) is 27.5 Å². The largest absolute Gasteiger partial charge is 0.457 e. The highest BCUT2D eigenvalue weighted by Crippen LogP contribution is 2.49. The van der Waals surface area contributed by atoms with E-state index in [1.807, 2.05) is 0 Å². The standard InChI is InChI=1S/C16H13F4NO3S/c1-25(21,23)13-3-2-12(11-7-16(19,20)15(22)14(11)13)24-10-5-8(17)4-9(18)6-10/h2-6,15,22H,1,7H2,(H2,21,23). The normalized spacial score (nSPS) is 20.8. The number of aliphatic hydroxyl groups is 1. The van der Waals surface area contributed by atoms with Crippen molar-refractivity contribution < 1.29 is 31.6 Å².